The first kappa shape index (κ1) is 19.5. The zero-order valence-electron chi connectivity index (χ0n) is 15.2. The van der Waals surface area contributed by atoms with Crippen LogP contribution < -0.4 is 4.90 Å². The van der Waals surface area contributed by atoms with Crippen LogP contribution in [0, 0.1) is 0 Å². The number of amidine groups is 1. The number of anilines is 1. The second kappa shape index (κ2) is 7.54. The summed E-state index contributed by atoms with van der Waals surface area (Å²) in [5, 5.41) is 1.46. The van der Waals surface area contributed by atoms with E-state index in [0.29, 0.717) is 16.3 Å². The Morgan fingerprint density at radius 3 is 2.75 bits per heavy atom. The van der Waals surface area contributed by atoms with E-state index in [2.05, 4.69) is 0 Å². The molecule has 2 heterocycles. The van der Waals surface area contributed by atoms with Gasteiger partial charge >= 0.3 is 0 Å². The molecule has 0 amide bonds. The largest absolute Gasteiger partial charge is 0.315 e. The van der Waals surface area contributed by atoms with Crippen molar-refractivity contribution in [3.8, 4) is 0 Å². The highest BCUT2D eigenvalue weighted by molar-refractivity contribution is 8.13. The van der Waals surface area contributed by atoms with E-state index in [1.165, 1.54) is 18.7 Å². The smallest absolute Gasteiger partial charge is 0.164 e. The number of ketones is 1. The van der Waals surface area contributed by atoms with Crippen LogP contribution in [0.5, 0.6) is 0 Å². The Hall–Kier alpha value is -1.83. The summed E-state index contributed by atoms with van der Waals surface area (Å²) < 4.78 is 24.3. The van der Waals surface area contributed by atoms with Crippen LogP contribution in [0.15, 0.2) is 53.5 Å². The fraction of sp³-hybridized carbons (Fsp3) is 0.300. The maximum Gasteiger partial charge on any atom is 0.164 e. The van der Waals surface area contributed by atoms with Gasteiger partial charge in [0, 0.05) is 22.0 Å². The van der Waals surface area contributed by atoms with Crippen molar-refractivity contribution in [3.63, 3.8) is 0 Å². The van der Waals surface area contributed by atoms with Crippen LogP contribution >= 0.6 is 23.4 Å². The zero-order valence-corrected chi connectivity index (χ0v) is 17.6. The van der Waals surface area contributed by atoms with Crippen molar-refractivity contribution in [2.75, 3.05) is 16.4 Å². The number of benzene rings is 2. The molecule has 2 aromatic carbocycles. The first-order valence-electron chi connectivity index (χ1n) is 8.89. The van der Waals surface area contributed by atoms with Crippen molar-refractivity contribution in [3.05, 3.63) is 64.7 Å². The van der Waals surface area contributed by atoms with E-state index in [1.54, 1.807) is 12.1 Å². The number of carbonyl (C=O) groups excluding carboxylic acids is 1. The summed E-state index contributed by atoms with van der Waals surface area (Å²) in [6.45, 7) is 1.52. The van der Waals surface area contributed by atoms with Gasteiger partial charge in [0.15, 0.2) is 20.8 Å². The van der Waals surface area contributed by atoms with Crippen LogP contribution in [0.25, 0.3) is 0 Å². The van der Waals surface area contributed by atoms with Crippen molar-refractivity contribution in [1.29, 1.82) is 0 Å². The molecule has 1 saturated heterocycles. The molecule has 0 unspecified atom stereocenters. The quantitative estimate of drug-likeness (QED) is 0.684. The van der Waals surface area contributed by atoms with Crippen LogP contribution in [-0.4, -0.2) is 43.0 Å². The van der Waals surface area contributed by atoms with Crippen molar-refractivity contribution < 1.29 is 13.2 Å². The molecule has 0 aliphatic carbocycles. The second-order valence-corrected chi connectivity index (χ2v) is 10.5. The van der Waals surface area contributed by atoms with Gasteiger partial charge in [-0.2, -0.15) is 0 Å². The minimum absolute atomic E-state index is 0.0288. The monoisotopic (exact) mass is 434 g/mol. The molecule has 2 aliphatic heterocycles. The maximum absolute atomic E-state index is 12.2. The van der Waals surface area contributed by atoms with E-state index in [4.69, 9.17) is 16.6 Å². The molecule has 0 aromatic heterocycles. The Balaban J connectivity index is 1.66. The number of aliphatic imine (C=N–C) groups is 1. The van der Waals surface area contributed by atoms with Crippen LogP contribution in [0.2, 0.25) is 5.02 Å². The van der Waals surface area contributed by atoms with E-state index in [1.807, 2.05) is 41.3 Å². The summed E-state index contributed by atoms with van der Waals surface area (Å²) in [5.41, 5.74) is 2.39. The third-order valence-corrected chi connectivity index (χ3v) is 8.04. The number of hydrogen-bond acceptors (Lipinski definition) is 6. The molecule has 4 rings (SSSR count). The number of hydrogen-bond donors (Lipinski definition) is 0. The maximum atomic E-state index is 12.2. The number of Topliss-reactive ketones (excluding diaryl/α,β-unsaturated/α-hetero) is 1. The lowest BCUT2D eigenvalue weighted by molar-refractivity contribution is 0.101. The lowest BCUT2D eigenvalue weighted by atomic mass is 10.1. The predicted octanol–water partition coefficient (Wildman–Crippen LogP) is 3.82. The number of nitrogens with zero attached hydrogens (tertiary/aromatic N) is 2. The van der Waals surface area contributed by atoms with Crippen molar-refractivity contribution in [2.24, 2.45) is 4.99 Å². The van der Waals surface area contributed by atoms with E-state index >= 15 is 0 Å². The average Bonchev–Trinajstić information content (AvgIpc) is 3.12. The molecule has 0 saturated carbocycles. The molecular formula is C20H19ClN2O3S2. The van der Waals surface area contributed by atoms with Crippen LogP contribution in [-0.2, 0) is 15.6 Å². The predicted molar refractivity (Wildman–Crippen MR) is 115 cm³/mol. The molecule has 0 radical (unpaired) electrons. The molecular weight excluding hydrogens is 416 g/mol. The molecule has 8 heteroatoms. The van der Waals surface area contributed by atoms with Crippen molar-refractivity contribution >= 4 is 49.8 Å². The molecule has 0 bridgehead atoms. The lowest BCUT2D eigenvalue weighted by Gasteiger charge is -2.27. The molecule has 146 valence electrons. The minimum atomic E-state index is -3.12. The van der Waals surface area contributed by atoms with E-state index in [9.17, 15) is 13.2 Å². The standard InChI is InChI=1S/C20H19ClN2O3S2/c1-13(24)14-6-4-7-16(9-14)23-19-12-28(25,26)11-18(19)22-20(23)27-10-15-5-2-3-8-17(15)21/h2-9,18-19H,10-12H2,1H3/t18-,19+/m1/s1. The summed E-state index contributed by atoms with van der Waals surface area (Å²) in [6, 6.07) is 14.4. The summed E-state index contributed by atoms with van der Waals surface area (Å²) in [7, 11) is -3.12. The second-order valence-electron chi connectivity index (χ2n) is 6.98. The lowest BCUT2D eigenvalue weighted by Crippen LogP contribution is -2.39. The number of thioether (sulfide) groups is 1. The van der Waals surface area contributed by atoms with Crippen LogP contribution in [0.3, 0.4) is 0 Å². The topological polar surface area (TPSA) is 66.8 Å². The van der Waals surface area contributed by atoms with E-state index < -0.39 is 9.84 Å². The molecule has 2 atom stereocenters. The van der Waals surface area contributed by atoms with Gasteiger partial charge < -0.3 is 4.90 Å². The van der Waals surface area contributed by atoms with Gasteiger partial charge in [-0.3, -0.25) is 9.79 Å². The third-order valence-electron chi connectivity index (χ3n) is 4.95. The van der Waals surface area contributed by atoms with Crippen LogP contribution in [0.1, 0.15) is 22.8 Å². The third kappa shape index (κ3) is 3.83. The Morgan fingerprint density at radius 1 is 1.21 bits per heavy atom. The number of halogens is 1. The number of carbonyl (C=O) groups is 1. The molecule has 0 N–H and O–H groups in total. The van der Waals surface area contributed by atoms with E-state index in [-0.39, 0.29) is 29.4 Å². The van der Waals surface area contributed by atoms with E-state index in [0.717, 1.165) is 16.4 Å². The summed E-state index contributed by atoms with van der Waals surface area (Å²) in [6.07, 6.45) is 0. The first-order chi connectivity index (χ1) is 13.3. The number of rotatable bonds is 4. The fourth-order valence-electron chi connectivity index (χ4n) is 3.57. The Morgan fingerprint density at radius 2 is 2.00 bits per heavy atom. The van der Waals surface area contributed by atoms with Gasteiger partial charge in [0.05, 0.1) is 23.6 Å². The Labute approximate surface area is 173 Å². The summed E-state index contributed by atoms with van der Waals surface area (Å²) >= 11 is 7.81. The summed E-state index contributed by atoms with van der Waals surface area (Å²) in [4.78, 5) is 18.5. The zero-order chi connectivity index (χ0) is 19.9. The number of sulfone groups is 1. The van der Waals surface area contributed by atoms with Crippen LogP contribution in [0.4, 0.5) is 5.69 Å². The van der Waals surface area contributed by atoms with Gasteiger partial charge in [0.2, 0.25) is 0 Å². The van der Waals surface area contributed by atoms with Gasteiger partial charge in [-0.15, -0.1) is 0 Å². The van der Waals surface area contributed by atoms with Gasteiger partial charge in [0.1, 0.15) is 0 Å². The Bertz CT molecular complexity index is 1070. The average molecular weight is 435 g/mol. The van der Waals surface area contributed by atoms with Gasteiger partial charge in [0.25, 0.3) is 0 Å². The Kier molecular flexibility index (Phi) is 5.24. The SMILES string of the molecule is CC(=O)c1cccc(N2C(SCc3ccccc3Cl)=N[C@@H]3CS(=O)(=O)C[C@@H]32)c1. The normalized spacial score (nSPS) is 22.8. The molecule has 28 heavy (non-hydrogen) atoms. The summed E-state index contributed by atoms with van der Waals surface area (Å²) in [5.74, 6) is 0.741. The molecule has 0 spiro atoms. The van der Waals surface area contributed by atoms with Gasteiger partial charge in [-0.05, 0) is 30.7 Å². The van der Waals surface area contributed by atoms with Gasteiger partial charge in [-0.25, -0.2) is 8.42 Å². The highest BCUT2D eigenvalue weighted by atomic mass is 35.5. The minimum Gasteiger partial charge on any atom is -0.315 e. The molecule has 1 fully saturated rings. The molecule has 2 aliphatic rings. The van der Waals surface area contributed by atoms with Crippen molar-refractivity contribution in [2.45, 2.75) is 24.8 Å². The van der Waals surface area contributed by atoms with Gasteiger partial charge in [-0.1, -0.05) is 53.7 Å². The molecule has 2 aromatic rings. The number of fused-ring (bicyclic) bond motifs is 1. The van der Waals surface area contributed by atoms with Crippen molar-refractivity contribution in [1.82, 2.24) is 0 Å². The highest BCUT2D eigenvalue weighted by Crippen LogP contribution is 2.36. The first-order valence-corrected chi connectivity index (χ1v) is 12.1. The fourth-order valence-corrected chi connectivity index (χ4v) is 6.82. The molecule has 5 nitrogen and oxygen atoms in total. The highest BCUT2D eigenvalue weighted by Gasteiger charge is 2.47.